The van der Waals surface area contributed by atoms with Gasteiger partial charge in [0.2, 0.25) is 0 Å². The van der Waals surface area contributed by atoms with Crippen molar-refractivity contribution in [2.75, 3.05) is 59.3 Å². The third-order valence-corrected chi connectivity index (χ3v) is 5.08. The van der Waals surface area contributed by atoms with Crippen LogP contribution in [0.3, 0.4) is 0 Å². The molecule has 28 heavy (non-hydrogen) atoms. The maximum atomic E-state index is 5.83. The number of ether oxygens (including phenoxy) is 3. The van der Waals surface area contributed by atoms with Gasteiger partial charge in [0.05, 0.1) is 19.8 Å². The molecule has 0 bridgehead atoms. The zero-order chi connectivity index (χ0) is 20.5. The molecule has 0 heterocycles. The highest BCUT2D eigenvalue weighted by molar-refractivity contribution is 4.57. The first kappa shape index (κ1) is 27.8. The van der Waals surface area contributed by atoms with Gasteiger partial charge in [-0.1, -0.05) is 78.6 Å². The van der Waals surface area contributed by atoms with E-state index in [1.165, 1.54) is 77.0 Å². The molecule has 0 aliphatic carbocycles. The minimum absolute atomic E-state index is 0.819. The van der Waals surface area contributed by atoms with Crippen molar-refractivity contribution in [2.24, 2.45) is 0 Å². The first-order valence-electron chi connectivity index (χ1n) is 12.3. The highest BCUT2D eigenvalue weighted by Gasteiger charge is 2.05. The van der Waals surface area contributed by atoms with Crippen molar-refractivity contribution in [1.82, 2.24) is 4.90 Å². The Morgan fingerprint density at radius 2 is 0.714 bits per heavy atom. The van der Waals surface area contributed by atoms with Crippen molar-refractivity contribution >= 4 is 0 Å². The SMILES string of the molecule is CCCCCCOCCN(CCOCCCCCC)CCOCCCCCC. The Balaban J connectivity index is 3.80. The summed E-state index contributed by atoms with van der Waals surface area (Å²) < 4.78 is 17.5. The fourth-order valence-corrected chi connectivity index (χ4v) is 3.12. The zero-order valence-corrected chi connectivity index (χ0v) is 19.5. The molecular formula is C24H51NO3. The van der Waals surface area contributed by atoms with Crippen LogP contribution in [0.5, 0.6) is 0 Å². The monoisotopic (exact) mass is 401 g/mol. The second kappa shape index (κ2) is 24.9. The molecule has 0 unspecified atom stereocenters. The van der Waals surface area contributed by atoms with Crippen molar-refractivity contribution < 1.29 is 14.2 Å². The molecule has 170 valence electrons. The Morgan fingerprint density at radius 3 is 1.00 bits per heavy atom. The quantitative estimate of drug-likeness (QED) is 0.183. The summed E-state index contributed by atoms with van der Waals surface area (Å²) in [5.41, 5.74) is 0. The fourth-order valence-electron chi connectivity index (χ4n) is 3.12. The molecule has 0 amide bonds. The van der Waals surface area contributed by atoms with E-state index in [2.05, 4.69) is 25.7 Å². The van der Waals surface area contributed by atoms with E-state index < -0.39 is 0 Å². The molecule has 4 heteroatoms. The van der Waals surface area contributed by atoms with Crippen molar-refractivity contribution in [3.63, 3.8) is 0 Å². The largest absolute Gasteiger partial charge is 0.380 e. The Kier molecular flexibility index (Phi) is 24.7. The molecular weight excluding hydrogens is 350 g/mol. The van der Waals surface area contributed by atoms with Crippen LogP contribution in [0.15, 0.2) is 0 Å². The molecule has 0 saturated heterocycles. The number of rotatable bonds is 24. The summed E-state index contributed by atoms with van der Waals surface area (Å²) in [6.45, 7) is 14.8. The third-order valence-electron chi connectivity index (χ3n) is 5.08. The molecule has 0 aromatic heterocycles. The molecule has 0 saturated carbocycles. The maximum absolute atomic E-state index is 5.83. The average Bonchev–Trinajstić information content (AvgIpc) is 2.71. The van der Waals surface area contributed by atoms with Gasteiger partial charge < -0.3 is 14.2 Å². The van der Waals surface area contributed by atoms with Crippen LogP contribution >= 0.6 is 0 Å². The second-order valence-electron chi connectivity index (χ2n) is 7.86. The lowest BCUT2D eigenvalue weighted by atomic mass is 10.2. The van der Waals surface area contributed by atoms with Crippen molar-refractivity contribution in [1.29, 1.82) is 0 Å². The van der Waals surface area contributed by atoms with Gasteiger partial charge in [-0.2, -0.15) is 0 Å². The molecule has 0 aliphatic heterocycles. The molecule has 0 fully saturated rings. The van der Waals surface area contributed by atoms with E-state index in [-0.39, 0.29) is 0 Å². The maximum Gasteiger partial charge on any atom is 0.0593 e. The first-order chi connectivity index (χ1) is 13.8. The van der Waals surface area contributed by atoms with Crippen LogP contribution in [0.25, 0.3) is 0 Å². The minimum Gasteiger partial charge on any atom is -0.380 e. The van der Waals surface area contributed by atoms with Crippen molar-refractivity contribution in [2.45, 2.75) is 97.8 Å². The van der Waals surface area contributed by atoms with Crippen LogP contribution in [0.2, 0.25) is 0 Å². The lowest BCUT2D eigenvalue weighted by molar-refractivity contribution is 0.0507. The number of hydrogen-bond acceptors (Lipinski definition) is 4. The van der Waals surface area contributed by atoms with Gasteiger partial charge in [0.15, 0.2) is 0 Å². The van der Waals surface area contributed by atoms with Gasteiger partial charge >= 0.3 is 0 Å². The number of unbranched alkanes of at least 4 members (excludes halogenated alkanes) is 9. The molecule has 0 aliphatic rings. The second-order valence-corrected chi connectivity index (χ2v) is 7.86. The van der Waals surface area contributed by atoms with Crippen molar-refractivity contribution in [3.8, 4) is 0 Å². The topological polar surface area (TPSA) is 30.9 Å². The Hall–Kier alpha value is -0.160. The Bertz CT molecular complexity index is 234. The van der Waals surface area contributed by atoms with Gasteiger partial charge in [-0.25, -0.2) is 0 Å². The summed E-state index contributed by atoms with van der Waals surface area (Å²) in [6.07, 6.45) is 15.2. The summed E-state index contributed by atoms with van der Waals surface area (Å²) in [4.78, 5) is 2.43. The van der Waals surface area contributed by atoms with E-state index in [0.29, 0.717) is 0 Å². The number of hydrogen-bond donors (Lipinski definition) is 0. The highest BCUT2D eigenvalue weighted by Crippen LogP contribution is 2.01. The van der Waals surface area contributed by atoms with E-state index in [9.17, 15) is 0 Å². The lowest BCUT2D eigenvalue weighted by Crippen LogP contribution is -2.34. The summed E-state index contributed by atoms with van der Waals surface area (Å²) >= 11 is 0. The molecule has 0 spiro atoms. The van der Waals surface area contributed by atoms with E-state index in [1.54, 1.807) is 0 Å². The van der Waals surface area contributed by atoms with Gasteiger partial charge in [-0.05, 0) is 19.3 Å². The van der Waals surface area contributed by atoms with Crippen LogP contribution in [-0.4, -0.2) is 64.2 Å². The molecule has 0 atom stereocenters. The lowest BCUT2D eigenvalue weighted by Gasteiger charge is -2.22. The summed E-state index contributed by atoms with van der Waals surface area (Å²) in [5, 5.41) is 0. The molecule has 0 rings (SSSR count). The third kappa shape index (κ3) is 22.1. The van der Waals surface area contributed by atoms with Gasteiger partial charge in [0.1, 0.15) is 0 Å². The van der Waals surface area contributed by atoms with Crippen LogP contribution in [-0.2, 0) is 14.2 Å². The molecule has 0 aromatic carbocycles. The fraction of sp³-hybridized carbons (Fsp3) is 1.00. The van der Waals surface area contributed by atoms with Crippen LogP contribution in [0.1, 0.15) is 97.8 Å². The Labute approximate surface area is 176 Å². The summed E-state index contributed by atoms with van der Waals surface area (Å²) in [5.74, 6) is 0. The zero-order valence-electron chi connectivity index (χ0n) is 19.5. The average molecular weight is 402 g/mol. The smallest absolute Gasteiger partial charge is 0.0593 e. The van der Waals surface area contributed by atoms with Crippen LogP contribution < -0.4 is 0 Å². The first-order valence-corrected chi connectivity index (χ1v) is 12.3. The van der Waals surface area contributed by atoms with E-state index in [1.807, 2.05) is 0 Å². The summed E-state index contributed by atoms with van der Waals surface area (Å²) in [6, 6.07) is 0. The van der Waals surface area contributed by atoms with E-state index in [0.717, 1.165) is 59.3 Å². The predicted molar refractivity (Wildman–Crippen MR) is 121 cm³/mol. The normalized spacial score (nSPS) is 11.6. The molecule has 0 radical (unpaired) electrons. The van der Waals surface area contributed by atoms with Gasteiger partial charge in [-0.15, -0.1) is 0 Å². The molecule has 0 N–H and O–H groups in total. The number of nitrogens with zero attached hydrogens (tertiary/aromatic N) is 1. The van der Waals surface area contributed by atoms with E-state index >= 15 is 0 Å². The minimum atomic E-state index is 0.819. The van der Waals surface area contributed by atoms with Crippen LogP contribution in [0, 0.1) is 0 Å². The Morgan fingerprint density at radius 1 is 0.393 bits per heavy atom. The van der Waals surface area contributed by atoms with Crippen LogP contribution in [0.4, 0.5) is 0 Å². The van der Waals surface area contributed by atoms with Gasteiger partial charge in [0, 0.05) is 39.5 Å². The predicted octanol–water partition coefficient (Wildman–Crippen LogP) is 6.08. The summed E-state index contributed by atoms with van der Waals surface area (Å²) in [7, 11) is 0. The van der Waals surface area contributed by atoms with Crippen molar-refractivity contribution in [3.05, 3.63) is 0 Å². The van der Waals surface area contributed by atoms with Gasteiger partial charge in [0.25, 0.3) is 0 Å². The van der Waals surface area contributed by atoms with Gasteiger partial charge in [-0.3, -0.25) is 4.90 Å². The highest BCUT2D eigenvalue weighted by atomic mass is 16.5. The molecule has 4 nitrogen and oxygen atoms in total. The standard InChI is InChI=1S/C24H51NO3/c1-4-7-10-13-19-26-22-16-25(17-23-27-20-14-11-8-5-2)18-24-28-21-15-12-9-6-3/h4-24H2,1-3H3. The molecule has 0 aromatic rings. The van der Waals surface area contributed by atoms with E-state index in [4.69, 9.17) is 14.2 Å².